The third-order valence-electron chi connectivity index (χ3n) is 3.31. The number of benzene rings is 2. The number of nitrogens with two attached hydrogens (primary N) is 1. The number of fused-ring (bicyclic) bond motifs is 1. The van der Waals surface area contributed by atoms with E-state index >= 15 is 0 Å². The average molecular weight is 354 g/mol. The topological polar surface area (TPSA) is 47.3 Å². The molecule has 0 saturated heterocycles. The van der Waals surface area contributed by atoms with Gasteiger partial charge in [-0.05, 0) is 35.9 Å². The molecule has 0 aliphatic carbocycles. The summed E-state index contributed by atoms with van der Waals surface area (Å²) in [5.74, 6) is 0.987. The Morgan fingerprint density at radius 2 is 2.15 bits per heavy atom. The molecule has 1 aliphatic rings. The van der Waals surface area contributed by atoms with E-state index in [4.69, 9.17) is 22.1 Å². The van der Waals surface area contributed by atoms with Crippen LogP contribution in [-0.2, 0) is 13.0 Å². The van der Waals surface area contributed by atoms with Gasteiger partial charge in [-0.1, -0.05) is 27.5 Å². The fraction of sp³-hybridized carbons (Fsp3) is 0.200. The number of ether oxygens (including phenoxy) is 1. The van der Waals surface area contributed by atoms with Crippen molar-refractivity contribution in [2.75, 3.05) is 17.7 Å². The van der Waals surface area contributed by atoms with Crippen molar-refractivity contribution in [3.8, 4) is 5.75 Å². The second-order valence-electron chi connectivity index (χ2n) is 4.74. The van der Waals surface area contributed by atoms with Crippen LogP contribution in [0.15, 0.2) is 34.8 Å². The third kappa shape index (κ3) is 2.72. The SMILES string of the molecule is Nc1ccc(Cl)cc1NCc1cc(Br)cc2c1OCC2. The molecule has 0 unspecified atom stereocenters. The first-order valence-corrected chi connectivity index (χ1v) is 7.53. The molecule has 0 amide bonds. The van der Waals surface area contributed by atoms with Gasteiger partial charge in [0, 0.05) is 28.0 Å². The minimum absolute atomic E-state index is 0.645. The maximum absolute atomic E-state index is 5.99. The van der Waals surface area contributed by atoms with E-state index in [1.807, 2.05) is 6.07 Å². The van der Waals surface area contributed by atoms with Gasteiger partial charge in [0.1, 0.15) is 5.75 Å². The largest absolute Gasteiger partial charge is 0.493 e. The number of nitrogen functional groups attached to an aromatic ring is 1. The predicted molar refractivity (Wildman–Crippen MR) is 86.5 cm³/mol. The summed E-state index contributed by atoms with van der Waals surface area (Å²) < 4.78 is 6.78. The molecule has 20 heavy (non-hydrogen) atoms. The molecule has 3 nitrogen and oxygen atoms in total. The van der Waals surface area contributed by atoms with Crippen molar-refractivity contribution in [1.29, 1.82) is 0 Å². The van der Waals surface area contributed by atoms with Crippen molar-refractivity contribution >= 4 is 38.9 Å². The average Bonchev–Trinajstić information content (AvgIpc) is 2.87. The van der Waals surface area contributed by atoms with Crippen LogP contribution in [-0.4, -0.2) is 6.61 Å². The first kappa shape index (κ1) is 13.6. The summed E-state index contributed by atoms with van der Waals surface area (Å²) in [5.41, 5.74) is 9.82. The molecule has 0 saturated carbocycles. The molecule has 0 bridgehead atoms. The molecule has 2 aromatic rings. The monoisotopic (exact) mass is 352 g/mol. The van der Waals surface area contributed by atoms with Crippen molar-refractivity contribution in [2.45, 2.75) is 13.0 Å². The Bertz CT molecular complexity index is 661. The fourth-order valence-electron chi connectivity index (χ4n) is 2.35. The summed E-state index contributed by atoms with van der Waals surface area (Å²) in [6.07, 6.45) is 0.959. The van der Waals surface area contributed by atoms with Crippen LogP contribution in [0, 0.1) is 0 Å². The van der Waals surface area contributed by atoms with E-state index in [2.05, 4.69) is 33.4 Å². The molecule has 2 aromatic carbocycles. The van der Waals surface area contributed by atoms with Crippen LogP contribution < -0.4 is 15.8 Å². The summed E-state index contributed by atoms with van der Waals surface area (Å²) in [7, 11) is 0. The Kier molecular flexibility index (Phi) is 3.76. The molecule has 3 N–H and O–H groups in total. The Morgan fingerprint density at radius 1 is 1.30 bits per heavy atom. The van der Waals surface area contributed by atoms with Gasteiger partial charge in [-0.3, -0.25) is 0 Å². The highest BCUT2D eigenvalue weighted by Gasteiger charge is 2.17. The normalized spacial score (nSPS) is 12.9. The lowest BCUT2D eigenvalue weighted by atomic mass is 10.1. The molecular formula is C15H14BrClN2O. The van der Waals surface area contributed by atoms with E-state index in [0.29, 0.717) is 17.3 Å². The van der Waals surface area contributed by atoms with Crippen LogP contribution in [0.3, 0.4) is 0 Å². The lowest BCUT2D eigenvalue weighted by molar-refractivity contribution is 0.354. The van der Waals surface area contributed by atoms with E-state index in [1.54, 1.807) is 12.1 Å². The molecule has 1 aliphatic heterocycles. The molecule has 0 aromatic heterocycles. The molecule has 0 fully saturated rings. The van der Waals surface area contributed by atoms with Crippen LogP contribution in [0.5, 0.6) is 5.75 Å². The lowest BCUT2D eigenvalue weighted by Crippen LogP contribution is -2.04. The highest BCUT2D eigenvalue weighted by atomic mass is 79.9. The van der Waals surface area contributed by atoms with E-state index < -0.39 is 0 Å². The molecule has 0 spiro atoms. The van der Waals surface area contributed by atoms with Crippen molar-refractivity contribution in [1.82, 2.24) is 0 Å². The number of halogens is 2. The Morgan fingerprint density at radius 3 is 3.00 bits per heavy atom. The predicted octanol–water partition coefficient (Wildman–Crippen LogP) is 4.23. The van der Waals surface area contributed by atoms with Crippen molar-refractivity contribution in [2.24, 2.45) is 0 Å². The van der Waals surface area contributed by atoms with Crippen LogP contribution in [0.25, 0.3) is 0 Å². The maximum atomic E-state index is 5.99. The molecular weight excluding hydrogens is 340 g/mol. The number of anilines is 2. The molecule has 104 valence electrons. The van der Waals surface area contributed by atoms with E-state index in [1.165, 1.54) is 5.56 Å². The van der Waals surface area contributed by atoms with Crippen LogP contribution in [0.1, 0.15) is 11.1 Å². The summed E-state index contributed by atoms with van der Waals surface area (Å²) in [5, 5.41) is 3.98. The summed E-state index contributed by atoms with van der Waals surface area (Å²) >= 11 is 9.53. The minimum Gasteiger partial charge on any atom is -0.493 e. The van der Waals surface area contributed by atoms with Gasteiger partial charge in [-0.15, -0.1) is 0 Å². The lowest BCUT2D eigenvalue weighted by Gasteiger charge is -2.13. The number of hydrogen-bond acceptors (Lipinski definition) is 3. The van der Waals surface area contributed by atoms with E-state index in [0.717, 1.165) is 34.5 Å². The zero-order chi connectivity index (χ0) is 14.1. The van der Waals surface area contributed by atoms with Gasteiger partial charge < -0.3 is 15.8 Å². The molecule has 5 heteroatoms. The van der Waals surface area contributed by atoms with Crippen molar-refractivity contribution in [3.05, 3.63) is 51.0 Å². The highest BCUT2D eigenvalue weighted by Crippen LogP contribution is 2.34. The number of nitrogens with one attached hydrogen (secondary N) is 1. The second-order valence-corrected chi connectivity index (χ2v) is 6.09. The van der Waals surface area contributed by atoms with Gasteiger partial charge in [-0.25, -0.2) is 0 Å². The summed E-state index contributed by atoms with van der Waals surface area (Å²) in [6.45, 7) is 1.39. The Balaban J connectivity index is 1.84. The fourth-order valence-corrected chi connectivity index (χ4v) is 3.07. The molecule has 3 rings (SSSR count). The first-order chi connectivity index (χ1) is 9.63. The van der Waals surface area contributed by atoms with Crippen LogP contribution >= 0.6 is 27.5 Å². The van der Waals surface area contributed by atoms with E-state index in [-0.39, 0.29) is 0 Å². The van der Waals surface area contributed by atoms with E-state index in [9.17, 15) is 0 Å². The van der Waals surface area contributed by atoms with Gasteiger partial charge in [0.25, 0.3) is 0 Å². The number of hydrogen-bond donors (Lipinski definition) is 2. The molecule has 0 radical (unpaired) electrons. The third-order valence-corrected chi connectivity index (χ3v) is 4.00. The van der Waals surface area contributed by atoms with Crippen LogP contribution in [0.2, 0.25) is 5.02 Å². The van der Waals surface area contributed by atoms with Gasteiger partial charge >= 0.3 is 0 Å². The standard InChI is InChI=1S/C15H14BrClN2O/c16-11-5-9-3-4-20-15(9)10(6-11)8-19-14-7-12(17)1-2-13(14)18/h1-2,5-7,19H,3-4,8,18H2. The Labute approximate surface area is 131 Å². The summed E-state index contributed by atoms with van der Waals surface area (Å²) in [4.78, 5) is 0. The minimum atomic E-state index is 0.645. The molecule has 0 atom stereocenters. The van der Waals surface area contributed by atoms with Crippen molar-refractivity contribution in [3.63, 3.8) is 0 Å². The zero-order valence-corrected chi connectivity index (χ0v) is 13.1. The number of rotatable bonds is 3. The molecule has 1 heterocycles. The Hall–Kier alpha value is -1.39. The highest BCUT2D eigenvalue weighted by molar-refractivity contribution is 9.10. The first-order valence-electron chi connectivity index (χ1n) is 6.36. The zero-order valence-electron chi connectivity index (χ0n) is 10.7. The van der Waals surface area contributed by atoms with Crippen LogP contribution in [0.4, 0.5) is 11.4 Å². The summed E-state index contributed by atoms with van der Waals surface area (Å²) in [6, 6.07) is 9.59. The second kappa shape index (κ2) is 5.54. The maximum Gasteiger partial charge on any atom is 0.127 e. The van der Waals surface area contributed by atoms with Gasteiger partial charge in [0.05, 0.1) is 18.0 Å². The van der Waals surface area contributed by atoms with Gasteiger partial charge in [-0.2, -0.15) is 0 Å². The quantitative estimate of drug-likeness (QED) is 0.812. The van der Waals surface area contributed by atoms with Gasteiger partial charge in [0.2, 0.25) is 0 Å². The van der Waals surface area contributed by atoms with Crippen molar-refractivity contribution < 1.29 is 4.74 Å². The van der Waals surface area contributed by atoms with Gasteiger partial charge in [0.15, 0.2) is 0 Å². The smallest absolute Gasteiger partial charge is 0.127 e.